The highest BCUT2D eigenvalue weighted by molar-refractivity contribution is 4.93. The predicted molar refractivity (Wildman–Crippen MR) is 38.0 cm³/mol. The summed E-state index contributed by atoms with van der Waals surface area (Å²) in [6.45, 7) is 6.57. The van der Waals surface area contributed by atoms with Gasteiger partial charge >= 0.3 is 0 Å². The van der Waals surface area contributed by atoms with Crippen molar-refractivity contribution in [2.45, 2.75) is 26.9 Å². The molecule has 0 aliphatic carbocycles. The van der Waals surface area contributed by atoms with E-state index in [1.807, 2.05) is 6.26 Å². The Morgan fingerprint density at radius 2 is 2.11 bits per heavy atom. The maximum atomic E-state index is 5.35. The SMILES string of the molecule is CC(C)C1OC=C[C@@H]1C. The van der Waals surface area contributed by atoms with Gasteiger partial charge in [-0.15, -0.1) is 0 Å². The van der Waals surface area contributed by atoms with Crippen LogP contribution in [0.4, 0.5) is 0 Å². The van der Waals surface area contributed by atoms with Crippen molar-refractivity contribution in [2.24, 2.45) is 11.8 Å². The Hall–Kier alpha value is -0.460. The van der Waals surface area contributed by atoms with Crippen molar-refractivity contribution in [3.63, 3.8) is 0 Å². The summed E-state index contributed by atoms with van der Waals surface area (Å²) in [7, 11) is 0. The lowest BCUT2D eigenvalue weighted by Gasteiger charge is -2.18. The normalized spacial score (nSPS) is 33.3. The summed E-state index contributed by atoms with van der Waals surface area (Å²) < 4.78 is 5.35. The monoisotopic (exact) mass is 126 g/mol. The van der Waals surface area contributed by atoms with Crippen LogP contribution in [-0.4, -0.2) is 6.10 Å². The van der Waals surface area contributed by atoms with Crippen LogP contribution >= 0.6 is 0 Å². The summed E-state index contributed by atoms with van der Waals surface area (Å²) in [6, 6.07) is 0. The third-order valence-corrected chi connectivity index (χ3v) is 1.79. The molecule has 0 aromatic rings. The Morgan fingerprint density at radius 1 is 1.44 bits per heavy atom. The summed E-state index contributed by atoms with van der Waals surface area (Å²) in [4.78, 5) is 0. The molecule has 2 atom stereocenters. The van der Waals surface area contributed by atoms with E-state index in [0.29, 0.717) is 17.9 Å². The summed E-state index contributed by atoms with van der Waals surface area (Å²) >= 11 is 0. The van der Waals surface area contributed by atoms with Crippen LogP contribution in [-0.2, 0) is 4.74 Å². The first kappa shape index (κ1) is 6.66. The van der Waals surface area contributed by atoms with Crippen LogP contribution in [0.3, 0.4) is 0 Å². The third-order valence-electron chi connectivity index (χ3n) is 1.79. The molecular weight excluding hydrogens is 112 g/mol. The second kappa shape index (κ2) is 2.42. The van der Waals surface area contributed by atoms with Crippen molar-refractivity contribution < 1.29 is 4.74 Å². The predicted octanol–water partition coefficient (Wildman–Crippen LogP) is 2.19. The van der Waals surface area contributed by atoms with Crippen LogP contribution in [0, 0.1) is 11.8 Å². The van der Waals surface area contributed by atoms with Gasteiger partial charge in [0.1, 0.15) is 6.10 Å². The number of hydrogen-bond acceptors (Lipinski definition) is 1. The first-order chi connectivity index (χ1) is 4.22. The second-order valence-corrected chi connectivity index (χ2v) is 3.03. The molecule has 1 heterocycles. The zero-order chi connectivity index (χ0) is 6.85. The van der Waals surface area contributed by atoms with Crippen molar-refractivity contribution in [2.75, 3.05) is 0 Å². The van der Waals surface area contributed by atoms with Gasteiger partial charge in [0.15, 0.2) is 0 Å². The van der Waals surface area contributed by atoms with E-state index in [1.165, 1.54) is 0 Å². The Labute approximate surface area is 56.7 Å². The van der Waals surface area contributed by atoms with Crippen LogP contribution in [0.25, 0.3) is 0 Å². The fourth-order valence-electron chi connectivity index (χ4n) is 1.26. The summed E-state index contributed by atoms with van der Waals surface area (Å²) in [5, 5.41) is 0. The molecule has 0 saturated heterocycles. The molecule has 1 heteroatoms. The van der Waals surface area contributed by atoms with Gasteiger partial charge in [0.2, 0.25) is 0 Å². The number of rotatable bonds is 1. The Balaban J connectivity index is 2.45. The van der Waals surface area contributed by atoms with Gasteiger partial charge in [0.25, 0.3) is 0 Å². The maximum Gasteiger partial charge on any atom is 0.106 e. The largest absolute Gasteiger partial charge is 0.497 e. The van der Waals surface area contributed by atoms with Gasteiger partial charge in [-0.25, -0.2) is 0 Å². The van der Waals surface area contributed by atoms with Crippen LogP contribution in [0.15, 0.2) is 12.3 Å². The quantitative estimate of drug-likeness (QED) is 0.523. The minimum absolute atomic E-state index is 0.421. The van der Waals surface area contributed by atoms with E-state index < -0.39 is 0 Å². The minimum atomic E-state index is 0.421. The molecule has 1 rings (SSSR count). The van der Waals surface area contributed by atoms with E-state index >= 15 is 0 Å². The van der Waals surface area contributed by atoms with Gasteiger partial charge in [-0.1, -0.05) is 20.8 Å². The van der Waals surface area contributed by atoms with Crippen molar-refractivity contribution in [1.82, 2.24) is 0 Å². The fraction of sp³-hybridized carbons (Fsp3) is 0.750. The lowest BCUT2D eigenvalue weighted by Crippen LogP contribution is -2.20. The van der Waals surface area contributed by atoms with Gasteiger partial charge in [-0.3, -0.25) is 0 Å². The van der Waals surface area contributed by atoms with Crippen LogP contribution < -0.4 is 0 Å². The summed E-state index contributed by atoms with van der Waals surface area (Å²) in [6.07, 6.45) is 4.35. The van der Waals surface area contributed by atoms with E-state index in [1.54, 1.807) is 0 Å². The molecule has 9 heavy (non-hydrogen) atoms. The molecule has 0 amide bonds. The number of ether oxygens (including phenoxy) is 1. The molecule has 1 aliphatic rings. The van der Waals surface area contributed by atoms with E-state index in [4.69, 9.17) is 4.74 Å². The second-order valence-electron chi connectivity index (χ2n) is 3.03. The standard InChI is InChI=1S/C8H14O/c1-6(2)8-7(3)4-5-9-8/h4-8H,1-3H3/t7-,8?/m0/s1. The Kier molecular flexibility index (Phi) is 1.79. The molecular formula is C8H14O. The van der Waals surface area contributed by atoms with E-state index in [2.05, 4.69) is 26.8 Å². The molecule has 0 aromatic heterocycles. The van der Waals surface area contributed by atoms with Crippen molar-refractivity contribution >= 4 is 0 Å². The lowest BCUT2D eigenvalue weighted by molar-refractivity contribution is 0.0959. The molecule has 52 valence electrons. The topological polar surface area (TPSA) is 9.23 Å². The molecule has 1 aliphatic heterocycles. The highest BCUT2D eigenvalue weighted by Gasteiger charge is 2.22. The van der Waals surface area contributed by atoms with E-state index in [0.717, 1.165) is 0 Å². The Bertz CT molecular complexity index is 116. The average Bonchev–Trinajstić information content (AvgIpc) is 2.13. The molecule has 1 unspecified atom stereocenters. The maximum absolute atomic E-state index is 5.35. The summed E-state index contributed by atoms with van der Waals surface area (Å²) in [5.41, 5.74) is 0. The Morgan fingerprint density at radius 3 is 2.33 bits per heavy atom. The molecule has 0 spiro atoms. The zero-order valence-corrected chi connectivity index (χ0v) is 6.29. The van der Waals surface area contributed by atoms with Crippen LogP contribution in [0.5, 0.6) is 0 Å². The van der Waals surface area contributed by atoms with Crippen molar-refractivity contribution in [1.29, 1.82) is 0 Å². The van der Waals surface area contributed by atoms with Crippen molar-refractivity contribution in [3.05, 3.63) is 12.3 Å². The van der Waals surface area contributed by atoms with Gasteiger partial charge in [0, 0.05) is 5.92 Å². The molecule has 0 aromatic carbocycles. The zero-order valence-electron chi connectivity index (χ0n) is 6.29. The molecule has 1 nitrogen and oxygen atoms in total. The van der Waals surface area contributed by atoms with Crippen LogP contribution in [0.2, 0.25) is 0 Å². The molecule has 0 N–H and O–H groups in total. The first-order valence-electron chi connectivity index (χ1n) is 3.54. The lowest BCUT2D eigenvalue weighted by atomic mass is 9.96. The van der Waals surface area contributed by atoms with Gasteiger partial charge < -0.3 is 4.74 Å². The smallest absolute Gasteiger partial charge is 0.106 e. The van der Waals surface area contributed by atoms with Crippen LogP contribution in [0.1, 0.15) is 20.8 Å². The van der Waals surface area contributed by atoms with Gasteiger partial charge in [-0.2, -0.15) is 0 Å². The van der Waals surface area contributed by atoms with Crippen molar-refractivity contribution in [3.8, 4) is 0 Å². The minimum Gasteiger partial charge on any atom is -0.497 e. The van der Waals surface area contributed by atoms with Gasteiger partial charge in [-0.05, 0) is 12.0 Å². The third kappa shape index (κ3) is 1.26. The molecule has 0 saturated carbocycles. The van der Waals surface area contributed by atoms with Gasteiger partial charge in [0.05, 0.1) is 6.26 Å². The molecule has 0 bridgehead atoms. The first-order valence-corrected chi connectivity index (χ1v) is 3.54. The highest BCUT2D eigenvalue weighted by atomic mass is 16.5. The van der Waals surface area contributed by atoms with E-state index in [9.17, 15) is 0 Å². The molecule has 0 fully saturated rings. The molecule has 0 radical (unpaired) electrons. The summed E-state index contributed by atoms with van der Waals surface area (Å²) in [5.74, 6) is 1.24. The number of hydrogen-bond donors (Lipinski definition) is 0. The average molecular weight is 126 g/mol. The highest BCUT2D eigenvalue weighted by Crippen LogP contribution is 2.22. The fourth-order valence-corrected chi connectivity index (χ4v) is 1.26. The van der Waals surface area contributed by atoms with E-state index in [-0.39, 0.29) is 0 Å².